The van der Waals surface area contributed by atoms with Crippen LogP contribution in [0.4, 0.5) is 10.9 Å². The van der Waals surface area contributed by atoms with Gasteiger partial charge in [0.05, 0.1) is 16.8 Å². The van der Waals surface area contributed by atoms with Gasteiger partial charge < -0.3 is 10.1 Å². The molecular weight excluding hydrogens is 420 g/mol. The summed E-state index contributed by atoms with van der Waals surface area (Å²) in [5.74, 6) is 0.801. The maximum atomic E-state index is 10.7. The summed E-state index contributed by atoms with van der Waals surface area (Å²) in [5.41, 5.74) is 4.49. The number of pyridine rings is 2. The highest BCUT2D eigenvalue weighted by molar-refractivity contribution is 7.22. The normalized spacial score (nSPS) is 15.1. The Morgan fingerprint density at radius 1 is 0.938 bits per heavy atom. The Labute approximate surface area is 190 Å². The Kier molecular flexibility index (Phi) is 6.15. The van der Waals surface area contributed by atoms with Crippen molar-refractivity contribution in [2.45, 2.75) is 6.54 Å². The number of nitrogens with one attached hydrogen (secondary N) is 1. The summed E-state index contributed by atoms with van der Waals surface area (Å²) in [4.78, 5) is 28.6. The second-order valence-corrected chi connectivity index (χ2v) is 8.89. The molecule has 162 valence electrons. The van der Waals surface area contributed by atoms with Crippen LogP contribution in [-0.4, -0.2) is 63.8 Å². The van der Waals surface area contributed by atoms with Gasteiger partial charge >= 0.3 is 0 Å². The lowest BCUT2D eigenvalue weighted by molar-refractivity contribution is -0.109. The van der Waals surface area contributed by atoms with Crippen molar-refractivity contribution in [3.63, 3.8) is 0 Å². The minimum atomic E-state index is 0.531. The van der Waals surface area contributed by atoms with Crippen LogP contribution in [0.5, 0.6) is 0 Å². The number of aldehydes is 1. The molecule has 1 saturated heterocycles. The SMILES string of the molecule is O=CCN1CCN(Cc2ccnc(Nc3nc4ccc(-c5ccncc5)cc4s3)c2)CC1. The van der Waals surface area contributed by atoms with Crippen LogP contribution in [-0.2, 0) is 11.3 Å². The van der Waals surface area contributed by atoms with Crippen LogP contribution in [0.3, 0.4) is 0 Å². The molecule has 7 nitrogen and oxygen atoms in total. The van der Waals surface area contributed by atoms with Crippen LogP contribution in [0.15, 0.2) is 61.1 Å². The molecule has 1 aromatic carbocycles. The quantitative estimate of drug-likeness (QED) is 0.435. The standard InChI is InChI=1S/C24H24N6OS/c31-14-13-29-9-11-30(12-10-29)17-18-3-8-26-23(15-18)28-24-27-21-2-1-20(16-22(21)32-24)19-4-6-25-7-5-19/h1-8,14-16H,9-13,17H2,(H,26,27,28). The zero-order valence-electron chi connectivity index (χ0n) is 17.6. The van der Waals surface area contributed by atoms with Gasteiger partial charge in [-0.15, -0.1) is 0 Å². The molecule has 1 aliphatic rings. The molecule has 5 rings (SSSR count). The van der Waals surface area contributed by atoms with Crippen molar-refractivity contribution < 1.29 is 4.79 Å². The topological polar surface area (TPSA) is 74.2 Å². The maximum absolute atomic E-state index is 10.7. The van der Waals surface area contributed by atoms with Crippen LogP contribution in [0.2, 0.25) is 0 Å². The molecule has 1 N–H and O–H groups in total. The van der Waals surface area contributed by atoms with Crippen molar-refractivity contribution in [1.29, 1.82) is 0 Å². The third kappa shape index (κ3) is 4.83. The third-order valence-corrected chi connectivity index (χ3v) is 6.60. The number of aromatic nitrogens is 3. The molecule has 4 heterocycles. The minimum Gasteiger partial charge on any atom is -0.316 e. The van der Waals surface area contributed by atoms with E-state index in [0.717, 1.165) is 71.3 Å². The van der Waals surface area contributed by atoms with Crippen molar-refractivity contribution in [2.75, 3.05) is 38.0 Å². The molecule has 0 unspecified atom stereocenters. The van der Waals surface area contributed by atoms with Gasteiger partial charge in [0.1, 0.15) is 12.1 Å². The predicted molar refractivity (Wildman–Crippen MR) is 128 cm³/mol. The molecule has 0 saturated carbocycles. The van der Waals surface area contributed by atoms with Crippen molar-refractivity contribution >= 4 is 38.8 Å². The fraction of sp³-hybridized carbons (Fsp3) is 0.250. The molecule has 4 aromatic rings. The zero-order chi connectivity index (χ0) is 21.8. The van der Waals surface area contributed by atoms with Gasteiger partial charge in [0.15, 0.2) is 5.13 Å². The smallest absolute Gasteiger partial charge is 0.189 e. The molecule has 32 heavy (non-hydrogen) atoms. The monoisotopic (exact) mass is 444 g/mol. The lowest BCUT2D eigenvalue weighted by Gasteiger charge is -2.33. The van der Waals surface area contributed by atoms with Crippen LogP contribution in [0, 0.1) is 0 Å². The molecule has 8 heteroatoms. The van der Waals surface area contributed by atoms with Crippen molar-refractivity contribution in [2.24, 2.45) is 0 Å². The summed E-state index contributed by atoms with van der Waals surface area (Å²) in [6, 6.07) is 14.5. The van der Waals surface area contributed by atoms with Gasteiger partial charge in [-0.2, -0.15) is 0 Å². The Morgan fingerprint density at radius 2 is 1.75 bits per heavy atom. The van der Waals surface area contributed by atoms with E-state index in [1.165, 1.54) is 5.56 Å². The molecule has 0 radical (unpaired) electrons. The number of carbonyl (C=O) groups is 1. The maximum Gasteiger partial charge on any atom is 0.189 e. The second-order valence-electron chi connectivity index (χ2n) is 7.86. The molecule has 0 aliphatic carbocycles. The van der Waals surface area contributed by atoms with Crippen molar-refractivity contribution in [3.05, 3.63) is 66.6 Å². The lowest BCUT2D eigenvalue weighted by atomic mass is 10.1. The first kappa shape index (κ1) is 20.7. The van der Waals surface area contributed by atoms with Crippen LogP contribution in [0.1, 0.15) is 5.56 Å². The van der Waals surface area contributed by atoms with Crippen LogP contribution >= 0.6 is 11.3 Å². The number of benzene rings is 1. The molecule has 3 aromatic heterocycles. The summed E-state index contributed by atoms with van der Waals surface area (Å²) >= 11 is 1.63. The number of anilines is 2. The van der Waals surface area contributed by atoms with Crippen LogP contribution in [0.25, 0.3) is 21.3 Å². The molecule has 1 fully saturated rings. The number of carbonyl (C=O) groups excluding carboxylic acids is 1. The van der Waals surface area contributed by atoms with Gasteiger partial charge in [-0.05, 0) is 53.1 Å². The van der Waals surface area contributed by atoms with Gasteiger partial charge in [-0.3, -0.25) is 14.8 Å². The largest absolute Gasteiger partial charge is 0.316 e. The number of rotatable bonds is 7. The van der Waals surface area contributed by atoms with E-state index >= 15 is 0 Å². The first-order chi connectivity index (χ1) is 15.8. The number of hydrogen-bond donors (Lipinski definition) is 1. The number of fused-ring (bicyclic) bond motifs is 1. The van der Waals surface area contributed by atoms with E-state index in [4.69, 9.17) is 4.98 Å². The summed E-state index contributed by atoms with van der Waals surface area (Å²) in [6.07, 6.45) is 6.44. The van der Waals surface area contributed by atoms with Gasteiger partial charge in [-0.1, -0.05) is 17.4 Å². The van der Waals surface area contributed by atoms with Gasteiger partial charge in [-0.25, -0.2) is 9.97 Å². The van der Waals surface area contributed by atoms with Crippen molar-refractivity contribution in [1.82, 2.24) is 24.8 Å². The molecule has 1 aliphatic heterocycles. The van der Waals surface area contributed by atoms with Gasteiger partial charge in [0, 0.05) is 51.3 Å². The number of hydrogen-bond acceptors (Lipinski definition) is 8. The molecule has 0 spiro atoms. The first-order valence-corrected chi connectivity index (χ1v) is 11.5. The predicted octanol–water partition coefficient (Wildman–Crippen LogP) is 3.81. The van der Waals surface area contributed by atoms with Gasteiger partial charge in [0.25, 0.3) is 0 Å². The summed E-state index contributed by atoms with van der Waals surface area (Å²) in [7, 11) is 0. The summed E-state index contributed by atoms with van der Waals surface area (Å²) in [5, 5.41) is 4.21. The van der Waals surface area contributed by atoms with E-state index in [1.807, 2.05) is 30.7 Å². The Hall–Kier alpha value is -3.20. The van der Waals surface area contributed by atoms with E-state index < -0.39 is 0 Å². The second kappa shape index (κ2) is 9.52. The molecule has 0 bridgehead atoms. The number of thiazole rings is 1. The van der Waals surface area contributed by atoms with E-state index in [-0.39, 0.29) is 0 Å². The summed E-state index contributed by atoms with van der Waals surface area (Å²) in [6.45, 7) is 5.21. The molecular formula is C24H24N6OS. The molecule has 0 atom stereocenters. The molecule has 0 amide bonds. The van der Waals surface area contributed by atoms with E-state index in [1.54, 1.807) is 11.3 Å². The number of nitrogens with zero attached hydrogens (tertiary/aromatic N) is 5. The van der Waals surface area contributed by atoms with E-state index in [0.29, 0.717) is 6.54 Å². The highest BCUT2D eigenvalue weighted by Gasteiger charge is 2.16. The third-order valence-electron chi connectivity index (χ3n) is 5.67. The Bertz CT molecular complexity index is 1200. The zero-order valence-corrected chi connectivity index (χ0v) is 18.5. The minimum absolute atomic E-state index is 0.531. The van der Waals surface area contributed by atoms with Crippen LogP contribution < -0.4 is 5.32 Å². The van der Waals surface area contributed by atoms with Crippen molar-refractivity contribution in [3.8, 4) is 11.1 Å². The highest BCUT2D eigenvalue weighted by atomic mass is 32.1. The Balaban J connectivity index is 1.27. The fourth-order valence-electron chi connectivity index (χ4n) is 3.95. The van der Waals surface area contributed by atoms with E-state index in [2.05, 4.69) is 55.4 Å². The lowest BCUT2D eigenvalue weighted by Crippen LogP contribution is -2.46. The number of piperazine rings is 1. The fourth-order valence-corrected chi connectivity index (χ4v) is 4.86. The first-order valence-electron chi connectivity index (χ1n) is 10.7. The summed E-state index contributed by atoms with van der Waals surface area (Å²) < 4.78 is 1.13. The van der Waals surface area contributed by atoms with E-state index in [9.17, 15) is 4.79 Å². The van der Waals surface area contributed by atoms with Gasteiger partial charge in [0.2, 0.25) is 0 Å². The average molecular weight is 445 g/mol. The Morgan fingerprint density at radius 3 is 2.56 bits per heavy atom. The average Bonchev–Trinajstić information content (AvgIpc) is 3.23. The highest BCUT2D eigenvalue weighted by Crippen LogP contribution is 2.31.